The lowest BCUT2D eigenvalue weighted by Crippen LogP contribution is -2.13. The molecule has 0 fully saturated rings. The lowest BCUT2D eigenvalue weighted by molar-refractivity contribution is -0.112. The number of nitriles is 1. The number of carbonyl (C=O) groups is 1. The fourth-order valence-electron chi connectivity index (χ4n) is 2.90. The lowest BCUT2D eigenvalue weighted by atomic mass is 10.1. The molecule has 0 heterocycles. The molecule has 3 aromatic carbocycles. The van der Waals surface area contributed by atoms with Crippen LogP contribution in [0, 0.1) is 11.3 Å². The highest BCUT2D eigenvalue weighted by atomic mass is 35.5. The van der Waals surface area contributed by atoms with Gasteiger partial charge in [0.2, 0.25) is 0 Å². The Balaban J connectivity index is 1.67. The second kappa shape index (κ2) is 10.9. The van der Waals surface area contributed by atoms with Gasteiger partial charge in [-0.15, -0.1) is 0 Å². The first-order chi connectivity index (χ1) is 15.5. The molecule has 0 saturated carbocycles. The Labute approximate surface area is 191 Å². The number of amides is 1. The van der Waals surface area contributed by atoms with Crippen molar-refractivity contribution < 1.29 is 19.0 Å². The molecular formula is C25H21ClN2O4. The molecule has 0 spiro atoms. The maximum Gasteiger partial charge on any atom is 0.266 e. The van der Waals surface area contributed by atoms with Gasteiger partial charge in [0, 0.05) is 16.3 Å². The van der Waals surface area contributed by atoms with E-state index in [9.17, 15) is 10.1 Å². The minimum absolute atomic E-state index is 0.0280. The predicted octanol–water partition coefficient (Wildman–Crippen LogP) is 5.48. The number of hydrogen-bond donors (Lipinski definition) is 1. The van der Waals surface area contributed by atoms with Crippen LogP contribution in [0.3, 0.4) is 0 Å². The first-order valence-electron chi connectivity index (χ1n) is 9.65. The average molecular weight is 449 g/mol. The number of halogens is 1. The van der Waals surface area contributed by atoms with Gasteiger partial charge in [-0.1, -0.05) is 29.8 Å². The molecule has 0 unspecified atom stereocenters. The predicted molar refractivity (Wildman–Crippen MR) is 124 cm³/mol. The number of methoxy groups -OCH3 is 2. The molecule has 1 N–H and O–H groups in total. The third-order valence-corrected chi connectivity index (χ3v) is 4.76. The molecule has 0 saturated heterocycles. The maximum absolute atomic E-state index is 12.4. The summed E-state index contributed by atoms with van der Waals surface area (Å²) in [5.41, 5.74) is 2.02. The van der Waals surface area contributed by atoms with Gasteiger partial charge >= 0.3 is 0 Å². The molecule has 0 bridgehead atoms. The van der Waals surface area contributed by atoms with Crippen molar-refractivity contribution in [3.63, 3.8) is 0 Å². The Kier molecular flexibility index (Phi) is 7.74. The van der Waals surface area contributed by atoms with Crippen LogP contribution in [0.25, 0.3) is 6.08 Å². The van der Waals surface area contributed by atoms with Crippen molar-refractivity contribution in [2.75, 3.05) is 19.5 Å². The summed E-state index contributed by atoms with van der Waals surface area (Å²) in [7, 11) is 3.20. The van der Waals surface area contributed by atoms with Gasteiger partial charge in [0.1, 0.15) is 35.5 Å². The molecule has 162 valence electrons. The van der Waals surface area contributed by atoms with Gasteiger partial charge in [0.25, 0.3) is 5.91 Å². The molecule has 32 heavy (non-hydrogen) atoms. The van der Waals surface area contributed by atoms with E-state index in [-0.39, 0.29) is 5.57 Å². The summed E-state index contributed by atoms with van der Waals surface area (Å²) < 4.78 is 16.5. The van der Waals surface area contributed by atoms with Crippen LogP contribution in [0.2, 0.25) is 5.02 Å². The summed E-state index contributed by atoms with van der Waals surface area (Å²) in [6.45, 7) is 0.293. The van der Waals surface area contributed by atoms with Crippen molar-refractivity contribution in [1.82, 2.24) is 0 Å². The number of nitrogens with zero attached hydrogens (tertiary/aromatic N) is 1. The highest BCUT2D eigenvalue weighted by molar-refractivity contribution is 6.31. The zero-order chi connectivity index (χ0) is 22.9. The third kappa shape index (κ3) is 6.03. The van der Waals surface area contributed by atoms with E-state index in [1.807, 2.05) is 24.3 Å². The summed E-state index contributed by atoms with van der Waals surface area (Å²) in [5.74, 6) is 1.54. The summed E-state index contributed by atoms with van der Waals surface area (Å²) in [6, 6.07) is 21.2. The lowest BCUT2D eigenvalue weighted by Gasteiger charge is -2.12. The van der Waals surface area contributed by atoms with Crippen LogP contribution in [-0.4, -0.2) is 20.1 Å². The van der Waals surface area contributed by atoms with E-state index in [1.54, 1.807) is 62.8 Å². The van der Waals surface area contributed by atoms with Crippen molar-refractivity contribution in [3.8, 4) is 23.3 Å². The van der Waals surface area contributed by atoms with Gasteiger partial charge in [-0.25, -0.2) is 0 Å². The van der Waals surface area contributed by atoms with E-state index in [2.05, 4.69) is 5.32 Å². The molecule has 0 atom stereocenters. The van der Waals surface area contributed by atoms with Gasteiger partial charge in [0.15, 0.2) is 0 Å². The fourth-order valence-corrected chi connectivity index (χ4v) is 3.09. The van der Waals surface area contributed by atoms with E-state index in [0.717, 1.165) is 5.56 Å². The first-order valence-corrected chi connectivity index (χ1v) is 10.0. The van der Waals surface area contributed by atoms with E-state index in [4.69, 9.17) is 25.8 Å². The minimum atomic E-state index is -0.514. The number of benzene rings is 3. The van der Waals surface area contributed by atoms with Crippen LogP contribution in [0.5, 0.6) is 17.2 Å². The third-order valence-electron chi connectivity index (χ3n) is 4.52. The molecular weight excluding hydrogens is 428 g/mol. The topological polar surface area (TPSA) is 80.6 Å². The average Bonchev–Trinajstić information content (AvgIpc) is 2.81. The second-order valence-electron chi connectivity index (χ2n) is 6.67. The molecule has 3 rings (SSSR count). The molecule has 0 aliphatic carbocycles. The van der Waals surface area contributed by atoms with Crippen LogP contribution in [-0.2, 0) is 11.4 Å². The summed E-state index contributed by atoms with van der Waals surface area (Å²) in [6.07, 6.45) is 1.51. The van der Waals surface area contributed by atoms with E-state index < -0.39 is 5.91 Å². The quantitative estimate of drug-likeness (QED) is 0.364. The van der Waals surface area contributed by atoms with Crippen LogP contribution < -0.4 is 19.5 Å². The van der Waals surface area contributed by atoms with Crippen molar-refractivity contribution in [2.24, 2.45) is 0 Å². The van der Waals surface area contributed by atoms with Gasteiger partial charge < -0.3 is 19.5 Å². The molecule has 7 heteroatoms. The van der Waals surface area contributed by atoms with Crippen LogP contribution in [0.1, 0.15) is 11.1 Å². The molecule has 0 aliphatic heterocycles. The Bertz CT molecular complexity index is 1170. The van der Waals surface area contributed by atoms with E-state index in [1.165, 1.54) is 6.08 Å². The monoisotopic (exact) mass is 448 g/mol. The zero-order valence-corrected chi connectivity index (χ0v) is 18.3. The van der Waals surface area contributed by atoms with Gasteiger partial charge in [-0.3, -0.25) is 4.79 Å². The van der Waals surface area contributed by atoms with Gasteiger partial charge in [0.05, 0.1) is 14.2 Å². The number of rotatable bonds is 8. The van der Waals surface area contributed by atoms with Gasteiger partial charge in [-0.05, 0) is 60.2 Å². The Morgan fingerprint density at radius 3 is 2.44 bits per heavy atom. The fraction of sp³-hybridized carbons (Fsp3) is 0.120. The van der Waals surface area contributed by atoms with Gasteiger partial charge in [-0.2, -0.15) is 5.26 Å². The minimum Gasteiger partial charge on any atom is -0.497 e. The summed E-state index contributed by atoms with van der Waals surface area (Å²) in [5, 5.41) is 12.6. The van der Waals surface area contributed by atoms with E-state index >= 15 is 0 Å². The van der Waals surface area contributed by atoms with Crippen molar-refractivity contribution in [3.05, 3.63) is 88.5 Å². The highest BCUT2D eigenvalue weighted by Crippen LogP contribution is 2.26. The molecule has 0 aromatic heterocycles. The van der Waals surface area contributed by atoms with Crippen LogP contribution in [0.4, 0.5) is 5.69 Å². The molecule has 0 aliphatic rings. The smallest absolute Gasteiger partial charge is 0.266 e. The van der Waals surface area contributed by atoms with Crippen LogP contribution >= 0.6 is 11.6 Å². The highest BCUT2D eigenvalue weighted by Gasteiger charge is 2.10. The number of ether oxygens (including phenoxy) is 3. The normalized spacial score (nSPS) is 10.8. The SMILES string of the molecule is COc1ccc(OC)c(COc2ccc(/C=C(\C#N)C(=O)Nc3cccc(Cl)c3)cc2)c1. The van der Waals surface area contributed by atoms with Crippen molar-refractivity contribution in [2.45, 2.75) is 6.61 Å². The van der Waals surface area contributed by atoms with Crippen molar-refractivity contribution >= 4 is 29.3 Å². The van der Waals surface area contributed by atoms with E-state index in [0.29, 0.717) is 40.1 Å². The Morgan fingerprint density at radius 2 is 1.78 bits per heavy atom. The zero-order valence-electron chi connectivity index (χ0n) is 17.6. The summed E-state index contributed by atoms with van der Waals surface area (Å²) >= 11 is 5.93. The molecule has 1 amide bonds. The Morgan fingerprint density at radius 1 is 1.03 bits per heavy atom. The standard InChI is InChI=1S/C25H21ClN2O4/c1-30-23-10-11-24(31-2)19(13-23)16-32-22-8-6-17(7-9-22)12-18(15-27)25(29)28-21-5-3-4-20(26)14-21/h3-14H,16H2,1-2H3,(H,28,29)/b18-12+. The summed E-state index contributed by atoms with van der Waals surface area (Å²) in [4.78, 5) is 12.4. The Hall–Kier alpha value is -3.95. The number of nitrogens with one attached hydrogen (secondary N) is 1. The number of hydrogen-bond acceptors (Lipinski definition) is 5. The second-order valence-corrected chi connectivity index (χ2v) is 7.11. The molecule has 3 aromatic rings. The largest absolute Gasteiger partial charge is 0.497 e. The number of carbonyl (C=O) groups excluding carboxylic acids is 1. The van der Waals surface area contributed by atoms with Crippen LogP contribution in [0.15, 0.2) is 72.3 Å². The molecule has 0 radical (unpaired) electrons. The number of anilines is 1. The van der Waals surface area contributed by atoms with Crippen molar-refractivity contribution in [1.29, 1.82) is 5.26 Å². The molecule has 6 nitrogen and oxygen atoms in total. The first kappa shape index (κ1) is 22.7. The maximum atomic E-state index is 12.4.